The molecule has 2 heteroatoms. The fourth-order valence-electron chi connectivity index (χ4n) is 1.87. The van der Waals surface area contributed by atoms with Crippen LogP contribution in [-0.4, -0.2) is 11.6 Å². The Kier molecular flexibility index (Phi) is 3.53. The summed E-state index contributed by atoms with van der Waals surface area (Å²) in [7, 11) is 0. The first-order chi connectivity index (χ1) is 5.69. The molecule has 70 valence electrons. The summed E-state index contributed by atoms with van der Waals surface area (Å²) in [6.07, 6.45) is 8.66. The second-order valence-electron chi connectivity index (χ2n) is 3.81. The molecule has 0 amide bonds. The lowest BCUT2D eigenvalue weighted by molar-refractivity contribution is 0.283. The summed E-state index contributed by atoms with van der Waals surface area (Å²) < 4.78 is 0. The van der Waals surface area contributed by atoms with E-state index in [-0.39, 0.29) is 11.6 Å². The van der Waals surface area contributed by atoms with E-state index in [2.05, 4.69) is 13.3 Å². The zero-order chi connectivity index (χ0) is 9.03. The maximum Gasteiger partial charge on any atom is 0.0339 e. The number of hydrogen-bond acceptors (Lipinski definition) is 2. The van der Waals surface area contributed by atoms with Gasteiger partial charge >= 0.3 is 0 Å². The van der Waals surface area contributed by atoms with Gasteiger partial charge in [-0.2, -0.15) is 0 Å². The van der Waals surface area contributed by atoms with Crippen LogP contribution in [0.25, 0.3) is 0 Å². The van der Waals surface area contributed by atoms with Crippen LogP contribution in [0.1, 0.15) is 38.5 Å². The van der Waals surface area contributed by atoms with Crippen molar-refractivity contribution in [3.05, 3.63) is 13.3 Å². The molecule has 0 spiro atoms. The van der Waals surface area contributed by atoms with Gasteiger partial charge in [0, 0.05) is 11.6 Å². The molecule has 1 aliphatic rings. The second-order valence-corrected chi connectivity index (χ2v) is 3.81. The Morgan fingerprint density at radius 2 is 2.25 bits per heavy atom. The predicted octanol–water partition coefficient (Wildman–Crippen LogP) is 1.40. The highest BCUT2D eigenvalue weighted by Gasteiger charge is 2.33. The Labute approximate surface area is 75.7 Å². The van der Waals surface area contributed by atoms with E-state index in [0.29, 0.717) is 0 Å². The summed E-state index contributed by atoms with van der Waals surface area (Å²) >= 11 is 0. The van der Waals surface area contributed by atoms with Crippen molar-refractivity contribution >= 4 is 0 Å². The molecule has 12 heavy (non-hydrogen) atoms. The highest BCUT2D eigenvalue weighted by molar-refractivity contribution is 5.06. The maximum absolute atomic E-state index is 6.18. The van der Waals surface area contributed by atoms with Crippen LogP contribution in [0, 0.1) is 13.3 Å². The van der Waals surface area contributed by atoms with E-state index in [9.17, 15) is 0 Å². The molecule has 2 radical (unpaired) electrons. The summed E-state index contributed by atoms with van der Waals surface area (Å²) in [6, 6.07) is 0.165. The molecule has 1 aliphatic carbocycles. The van der Waals surface area contributed by atoms with Gasteiger partial charge in [-0.15, -0.1) is 0 Å². The standard InChI is InChI=1S/C10H20N2/c1-2-3-7-10(12)8-5-4-6-9(10)11/h7,9H,1-6,8,11-12H2. The van der Waals surface area contributed by atoms with Gasteiger partial charge < -0.3 is 11.5 Å². The van der Waals surface area contributed by atoms with E-state index in [1.165, 1.54) is 12.8 Å². The Morgan fingerprint density at radius 1 is 1.50 bits per heavy atom. The van der Waals surface area contributed by atoms with Gasteiger partial charge in [0.25, 0.3) is 0 Å². The Morgan fingerprint density at radius 3 is 2.83 bits per heavy atom. The number of hydrogen-bond donors (Lipinski definition) is 2. The van der Waals surface area contributed by atoms with Gasteiger partial charge in [0.2, 0.25) is 0 Å². The molecular formula is C10H20N2. The summed E-state index contributed by atoms with van der Waals surface area (Å²) in [5.41, 5.74) is 12.0. The quantitative estimate of drug-likeness (QED) is 0.669. The zero-order valence-corrected chi connectivity index (χ0v) is 7.76. The number of unbranched alkanes of at least 4 members (excludes halogenated alkanes) is 1. The van der Waals surface area contributed by atoms with Gasteiger partial charge in [-0.25, -0.2) is 0 Å². The van der Waals surface area contributed by atoms with Gasteiger partial charge in [0.05, 0.1) is 0 Å². The third-order valence-corrected chi connectivity index (χ3v) is 2.79. The molecule has 2 unspecified atom stereocenters. The molecule has 0 aromatic heterocycles. The first-order valence-corrected chi connectivity index (χ1v) is 4.87. The molecule has 1 saturated carbocycles. The van der Waals surface area contributed by atoms with Crippen molar-refractivity contribution in [2.24, 2.45) is 11.5 Å². The van der Waals surface area contributed by atoms with Crippen molar-refractivity contribution in [1.82, 2.24) is 0 Å². The van der Waals surface area contributed by atoms with Gasteiger partial charge in [0.15, 0.2) is 0 Å². The van der Waals surface area contributed by atoms with Crippen molar-refractivity contribution < 1.29 is 0 Å². The smallest absolute Gasteiger partial charge is 0.0339 e. The molecule has 1 rings (SSSR count). The fraction of sp³-hybridized carbons (Fsp3) is 0.800. The van der Waals surface area contributed by atoms with E-state index >= 15 is 0 Å². The summed E-state index contributed by atoms with van der Waals surface area (Å²) in [6.45, 7) is 3.80. The molecule has 0 aromatic carbocycles. The zero-order valence-electron chi connectivity index (χ0n) is 7.76. The molecular weight excluding hydrogens is 148 g/mol. The minimum absolute atomic E-state index is 0.165. The summed E-state index contributed by atoms with van der Waals surface area (Å²) in [5.74, 6) is 0. The number of nitrogens with two attached hydrogens (primary N) is 2. The minimum Gasteiger partial charge on any atom is -0.326 e. The van der Waals surface area contributed by atoms with Crippen LogP contribution in [-0.2, 0) is 0 Å². The lowest BCUT2D eigenvalue weighted by Crippen LogP contribution is -2.57. The van der Waals surface area contributed by atoms with E-state index in [0.717, 1.165) is 25.7 Å². The van der Waals surface area contributed by atoms with Crippen LogP contribution in [0.4, 0.5) is 0 Å². The predicted molar refractivity (Wildman–Crippen MR) is 52.3 cm³/mol. The van der Waals surface area contributed by atoms with Gasteiger partial charge in [0.1, 0.15) is 0 Å². The Balaban J connectivity index is 2.42. The highest BCUT2D eigenvalue weighted by Crippen LogP contribution is 2.28. The van der Waals surface area contributed by atoms with Gasteiger partial charge in [-0.3, -0.25) is 0 Å². The maximum atomic E-state index is 6.18. The minimum atomic E-state index is -0.198. The van der Waals surface area contributed by atoms with Gasteiger partial charge in [-0.1, -0.05) is 26.2 Å². The Bertz CT molecular complexity index is 136. The van der Waals surface area contributed by atoms with Crippen LogP contribution in [0.3, 0.4) is 0 Å². The van der Waals surface area contributed by atoms with Crippen molar-refractivity contribution in [2.75, 3.05) is 0 Å². The molecule has 0 aromatic rings. The fourth-order valence-corrected chi connectivity index (χ4v) is 1.87. The Hall–Kier alpha value is -0.0800. The average Bonchev–Trinajstić information content (AvgIpc) is 2.07. The van der Waals surface area contributed by atoms with Crippen molar-refractivity contribution in [3.63, 3.8) is 0 Å². The SMILES string of the molecule is [CH2]CC[CH]C1(N)CCCCC1N. The molecule has 2 nitrogen and oxygen atoms in total. The van der Waals surface area contributed by atoms with Gasteiger partial charge in [-0.05, 0) is 25.7 Å². The molecule has 1 fully saturated rings. The lowest BCUT2D eigenvalue weighted by atomic mass is 9.75. The summed E-state index contributed by atoms with van der Waals surface area (Å²) in [5, 5.41) is 0. The lowest BCUT2D eigenvalue weighted by Gasteiger charge is -2.39. The van der Waals surface area contributed by atoms with E-state index < -0.39 is 0 Å². The van der Waals surface area contributed by atoms with E-state index in [4.69, 9.17) is 11.5 Å². The van der Waals surface area contributed by atoms with Crippen LogP contribution >= 0.6 is 0 Å². The molecule has 0 bridgehead atoms. The molecule has 0 heterocycles. The van der Waals surface area contributed by atoms with Crippen LogP contribution in [0.5, 0.6) is 0 Å². The molecule has 4 N–H and O–H groups in total. The van der Waals surface area contributed by atoms with Crippen LogP contribution < -0.4 is 11.5 Å². The largest absolute Gasteiger partial charge is 0.326 e. The highest BCUT2D eigenvalue weighted by atomic mass is 14.9. The van der Waals surface area contributed by atoms with Crippen molar-refractivity contribution in [2.45, 2.75) is 50.1 Å². The molecule has 0 aliphatic heterocycles. The monoisotopic (exact) mass is 168 g/mol. The van der Waals surface area contributed by atoms with E-state index in [1.54, 1.807) is 0 Å². The van der Waals surface area contributed by atoms with Crippen LogP contribution in [0.15, 0.2) is 0 Å². The van der Waals surface area contributed by atoms with Crippen molar-refractivity contribution in [1.29, 1.82) is 0 Å². The average molecular weight is 168 g/mol. The van der Waals surface area contributed by atoms with Crippen LogP contribution in [0.2, 0.25) is 0 Å². The first kappa shape index (κ1) is 10.0. The molecule has 0 saturated heterocycles. The summed E-state index contributed by atoms with van der Waals surface area (Å²) in [4.78, 5) is 0. The third kappa shape index (κ3) is 2.20. The second kappa shape index (κ2) is 4.24. The van der Waals surface area contributed by atoms with E-state index in [1.807, 2.05) is 0 Å². The molecule has 2 atom stereocenters. The van der Waals surface area contributed by atoms with Crippen molar-refractivity contribution in [3.8, 4) is 0 Å². The number of rotatable bonds is 3. The first-order valence-electron chi connectivity index (χ1n) is 4.87. The third-order valence-electron chi connectivity index (χ3n) is 2.79. The topological polar surface area (TPSA) is 52.0 Å². The normalized spacial score (nSPS) is 36.8.